The van der Waals surface area contributed by atoms with Gasteiger partial charge >= 0.3 is 5.97 Å². The van der Waals surface area contributed by atoms with E-state index in [9.17, 15) is 9.90 Å². The number of aliphatic carboxylic acids is 1. The van der Waals surface area contributed by atoms with Gasteiger partial charge in [0.15, 0.2) is 6.10 Å². The summed E-state index contributed by atoms with van der Waals surface area (Å²) >= 11 is 0. The molecule has 6 heteroatoms. The summed E-state index contributed by atoms with van der Waals surface area (Å²) in [4.78, 5) is 17.3. The van der Waals surface area contributed by atoms with Crippen LogP contribution in [0.4, 0.5) is 0 Å². The molecule has 0 aliphatic rings. The number of fused-ring (bicyclic) bond motifs is 1. The first-order valence-corrected chi connectivity index (χ1v) is 10.7. The zero-order valence-corrected chi connectivity index (χ0v) is 19.5. The molecule has 2 aromatic heterocycles. The van der Waals surface area contributed by atoms with Crippen LogP contribution in [-0.4, -0.2) is 26.2 Å². The van der Waals surface area contributed by atoms with Crippen molar-refractivity contribution in [2.75, 3.05) is 0 Å². The summed E-state index contributed by atoms with van der Waals surface area (Å²) in [5.74, 6) is -1.02. The van der Waals surface area contributed by atoms with Crippen molar-refractivity contribution in [1.82, 2.24) is 9.55 Å². The van der Waals surface area contributed by atoms with Crippen molar-refractivity contribution in [2.24, 2.45) is 5.73 Å². The van der Waals surface area contributed by atoms with Gasteiger partial charge in [-0.1, -0.05) is 24.3 Å². The molecule has 0 fully saturated rings. The van der Waals surface area contributed by atoms with Crippen molar-refractivity contribution < 1.29 is 14.6 Å². The Labute approximate surface area is 184 Å². The van der Waals surface area contributed by atoms with Crippen molar-refractivity contribution in [3.8, 4) is 11.1 Å². The SMILES string of the molecule is CCn1c(C)c(C)c2c(-c3ccc(CN)cc3)c(C(OC(C)(C)C)C(=O)O)c(C)nc21. The summed E-state index contributed by atoms with van der Waals surface area (Å²) in [7, 11) is 0. The Morgan fingerprint density at radius 2 is 1.81 bits per heavy atom. The number of nitrogens with zero attached hydrogens (tertiary/aromatic N) is 2. The smallest absolute Gasteiger partial charge is 0.337 e. The minimum atomic E-state index is -1.13. The lowest BCUT2D eigenvalue weighted by atomic mass is 9.90. The highest BCUT2D eigenvalue weighted by molar-refractivity contribution is 6.00. The standard InChI is InChI=1S/C25H33N3O3/c1-8-28-16(4)14(2)19-21(18-11-9-17(13-26)10-12-18)20(15(3)27-23(19)28)22(24(29)30)31-25(5,6)7/h9-12,22H,8,13,26H2,1-7H3,(H,29,30). The summed E-state index contributed by atoms with van der Waals surface area (Å²) < 4.78 is 8.24. The van der Waals surface area contributed by atoms with Crippen LogP contribution < -0.4 is 5.73 Å². The van der Waals surface area contributed by atoms with Gasteiger partial charge in [-0.25, -0.2) is 9.78 Å². The number of hydrogen-bond acceptors (Lipinski definition) is 4. The van der Waals surface area contributed by atoms with E-state index in [1.807, 2.05) is 52.0 Å². The number of rotatable bonds is 6. The fourth-order valence-corrected chi connectivity index (χ4v) is 4.20. The molecule has 3 rings (SSSR count). The summed E-state index contributed by atoms with van der Waals surface area (Å²) in [6.45, 7) is 14.9. The molecule has 2 heterocycles. The number of carboxylic acid groups (broad SMARTS) is 1. The summed E-state index contributed by atoms with van der Waals surface area (Å²) in [5.41, 5.74) is 12.4. The summed E-state index contributed by atoms with van der Waals surface area (Å²) in [6, 6.07) is 7.99. The Hall–Kier alpha value is -2.70. The fourth-order valence-electron chi connectivity index (χ4n) is 4.20. The van der Waals surface area contributed by atoms with E-state index in [0.717, 1.165) is 45.5 Å². The number of aromatic nitrogens is 2. The molecular weight excluding hydrogens is 390 g/mol. The van der Waals surface area contributed by atoms with Crippen LogP contribution >= 0.6 is 0 Å². The number of carboxylic acids is 1. The van der Waals surface area contributed by atoms with Crippen molar-refractivity contribution in [3.05, 3.63) is 52.3 Å². The van der Waals surface area contributed by atoms with Gasteiger partial charge in [-0.05, 0) is 65.2 Å². The predicted molar refractivity (Wildman–Crippen MR) is 124 cm³/mol. The van der Waals surface area contributed by atoms with E-state index in [1.54, 1.807) is 0 Å². The topological polar surface area (TPSA) is 90.4 Å². The Morgan fingerprint density at radius 3 is 2.29 bits per heavy atom. The third-order valence-corrected chi connectivity index (χ3v) is 5.74. The van der Waals surface area contributed by atoms with Crippen LogP contribution in [0.5, 0.6) is 0 Å². The van der Waals surface area contributed by atoms with E-state index >= 15 is 0 Å². The average molecular weight is 424 g/mol. The second-order valence-corrected chi connectivity index (χ2v) is 8.99. The predicted octanol–water partition coefficient (Wildman–Crippen LogP) is 5.05. The molecule has 31 heavy (non-hydrogen) atoms. The first kappa shape index (κ1) is 23.0. The number of pyridine rings is 1. The third kappa shape index (κ3) is 4.23. The van der Waals surface area contributed by atoms with Gasteiger partial charge in [0.2, 0.25) is 0 Å². The Balaban J connectivity index is 2.47. The lowest BCUT2D eigenvalue weighted by Crippen LogP contribution is -2.28. The molecule has 1 atom stereocenters. The molecule has 0 amide bonds. The monoisotopic (exact) mass is 423 g/mol. The fraction of sp³-hybridized carbons (Fsp3) is 0.440. The highest BCUT2D eigenvalue weighted by Crippen LogP contribution is 2.42. The van der Waals surface area contributed by atoms with Gasteiger partial charge in [-0.3, -0.25) is 0 Å². The zero-order chi connectivity index (χ0) is 23.1. The first-order chi connectivity index (χ1) is 14.5. The first-order valence-electron chi connectivity index (χ1n) is 10.7. The largest absolute Gasteiger partial charge is 0.479 e. The van der Waals surface area contributed by atoms with Crippen LogP contribution in [0.3, 0.4) is 0 Å². The minimum absolute atomic E-state index is 0.452. The molecule has 6 nitrogen and oxygen atoms in total. The average Bonchev–Trinajstić information content (AvgIpc) is 2.94. The van der Waals surface area contributed by atoms with Crippen LogP contribution in [0.15, 0.2) is 24.3 Å². The zero-order valence-electron chi connectivity index (χ0n) is 19.5. The van der Waals surface area contributed by atoms with Crippen LogP contribution in [0, 0.1) is 20.8 Å². The molecular formula is C25H33N3O3. The van der Waals surface area contributed by atoms with Gasteiger partial charge in [-0.2, -0.15) is 0 Å². The maximum absolute atomic E-state index is 12.4. The van der Waals surface area contributed by atoms with Crippen LogP contribution in [-0.2, 0) is 22.6 Å². The lowest BCUT2D eigenvalue weighted by Gasteiger charge is -2.28. The number of nitrogens with two attached hydrogens (primary N) is 1. The molecule has 0 saturated heterocycles. The van der Waals surface area contributed by atoms with Gasteiger partial charge < -0.3 is 20.1 Å². The number of benzene rings is 1. The molecule has 3 N–H and O–H groups in total. The molecule has 0 spiro atoms. The minimum Gasteiger partial charge on any atom is -0.479 e. The Morgan fingerprint density at radius 1 is 1.19 bits per heavy atom. The number of carbonyl (C=O) groups is 1. The second kappa shape index (κ2) is 8.44. The number of hydrogen-bond donors (Lipinski definition) is 2. The normalized spacial score (nSPS) is 13.0. The highest BCUT2D eigenvalue weighted by Gasteiger charge is 2.33. The Bertz CT molecular complexity index is 1120. The van der Waals surface area contributed by atoms with E-state index in [4.69, 9.17) is 15.5 Å². The molecule has 166 valence electrons. The van der Waals surface area contributed by atoms with Crippen LogP contribution in [0.1, 0.15) is 61.9 Å². The molecule has 1 aromatic carbocycles. The van der Waals surface area contributed by atoms with Gasteiger partial charge in [0, 0.05) is 41.0 Å². The van der Waals surface area contributed by atoms with E-state index < -0.39 is 17.7 Å². The van der Waals surface area contributed by atoms with E-state index in [2.05, 4.69) is 25.3 Å². The quantitative estimate of drug-likeness (QED) is 0.579. The second-order valence-electron chi connectivity index (χ2n) is 8.99. The van der Waals surface area contributed by atoms with Crippen molar-refractivity contribution in [3.63, 3.8) is 0 Å². The van der Waals surface area contributed by atoms with Crippen molar-refractivity contribution in [1.29, 1.82) is 0 Å². The van der Waals surface area contributed by atoms with Gasteiger partial charge in [0.25, 0.3) is 0 Å². The Kier molecular flexibility index (Phi) is 6.25. The molecule has 1 unspecified atom stereocenters. The summed E-state index contributed by atoms with van der Waals surface area (Å²) in [5, 5.41) is 11.1. The molecule has 0 saturated carbocycles. The van der Waals surface area contributed by atoms with Gasteiger partial charge in [0.05, 0.1) is 5.60 Å². The molecule has 3 aromatic rings. The molecule has 0 bridgehead atoms. The maximum atomic E-state index is 12.4. The van der Waals surface area contributed by atoms with E-state index in [1.165, 1.54) is 0 Å². The van der Waals surface area contributed by atoms with Crippen LogP contribution in [0.25, 0.3) is 22.2 Å². The van der Waals surface area contributed by atoms with Crippen LogP contribution in [0.2, 0.25) is 0 Å². The molecule has 0 aliphatic heterocycles. The van der Waals surface area contributed by atoms with Crippen molar-refractivity contribution in [2.45, 2.75) is 73.3 Å². The van der Waals surface area contributed by atoms with Gasteiger partial charge in [-0.15, -0.1) is 0 Å². The highest BCUT2D eigenvalue weighted by atomic mass is 16.5. The maximum Gasteiger partial charge on any atom is 0.337 e. The lowest BCUT2D eigenvalue weighted by molar-refractivity contribution is -0.160. The molecule has 0 radical (unpaired) electrons. The van der Waals surface area contributed by atoms with E-state index in [-0.39, 0.29) is 0 Å². The van der Waals surface area contributed by atoms with Gasteiger partial charge in [0.1, 0.15) is 5.65 Å². The van der Waals surface area contributed by atoms with Crippen molar-refractivity contribution >= 4 is 17.0 Å². The number of aryl methyl sites for hydroxylation is 3. The number of ether oxygens (including phenoxy) is 1. The third-order valence-electron chi connectivity index (χ3n) is 5.74. The summed E-state index contributed by atoms with van der Waals surface area (Å²) in [6.07, 6.45) is -1.13. The molecule has 0 aliphatic carbocycles. The van der Waals surface area contributed by atoms with E-state index in [0.29, 0.717) is 17.8 Å².